The molecule has 0 aliphatic heterocycles. The molecule has 88 valence electrons. The summed E-state index contributed by atoms with van der Waals surface area (Å²) >= 11 is 5.86. The smallest absolute Gasteiger partial charge is 0.227 e. The number of benzene rings is 1. The quantitative estimate of drug-likeness (QED) is 0.787. The molecule has 0 N–H and O–H groups in total. The van der Waals surface area contributed by atoms with E-state index in [1.54, 1.807) is 0 Å². The number of carbonyl (C=O) groups is 1. The van der Waals surface area contributed by atoms with Crippen molar-refractivity contribution in [3.05, 3.63) is 34.9 Å². The lowest BCUT2D eigenvalue weighted by Crippen LogP contribution is -1.87. The molecular weight excluding hydrogens is 247 g/mol. The number of hydrogen-bond donors (Lipinski definition) is 0. The fraction of sp³-hybridized carbons (Fsp3) is 0.182. The Kier molecular flexibility index (Phi) is 3.49. The maximum Gasteiger partial charge on any atom is 0.227 e. The molecule has 0 unspecified atom stereocenters. The van der Waals surface area contributed by atoms with Crippen LogP contribution in [0.3, 0.4) is 0 Å². The summed E-state index contributed by atoms with van der Waals surface area (Å²) in [7, 11) is 0. The minimum absolute atomic E-state index is 0.215. The van der Waals surface area contributed by atoms with Gasteiger partial charge in [0.05, 0.1) is 5.02 Å². The standard InChI is InChI=1S/C11H8ClFN2O2/c12-9-6-7(13)3-4-8(9)11-14-10(17-15-11)2-1-5-16/h3-6H,1-2H2. The Morgan fingerprint density at radius 2 is 2.29 bits per heavy atom. The predicted octanol–water partition coefficient (Wildman–Crippen LogP) is 2.66. The number of aryl methyl sites for hydroxylation is 1. The number of halogens is 2. The Labute approximate surface area is 101 Å². The van der Waals surface area contributed by atoms with Gasteiger partial charge in [-0.05, 0) is 18.2 Å². The summed E-state index contributed by atoms with van der Waals surface area (Å²) in [6.45, 7) is 0. The number of rotatable bonds is 4. The monoisotopic (exact) mass is 254 g/mol. The lowest BCUT2D eigenvalue weighted by atomic mass is 10.2. The summed E-state index contributed by atoms with van der Waals surface area (Å²) in [5.41, 5.74) is 0.495. The fourth-order valence-electron chi connectivity index (χ4n) is 1.32. The first-order chi connectivity index (χ1) is 8.20. The number of carbonyl (C=O) groups excluding carboxylic acids is 1. The highest BCUT2D eigenvalue weighted by Gasteiger charge is 2.12. The van der Waals surface area contributed by atoms with Gasteiger partial charge < -0.3 is 9.32 Å². The fourth-order valence-corrected chi connectivity index (χ4v) is 1.57. The van der Waals surface area contributed by atoms with Gasteiger partial charge in [-0.25, -0.2) is 4.39 Å². The van der Waals surface area contributed by atoms with Crippen molar-refractivity contribution in [3.63, 3.8) is 0 Å². The van der Waals surface area contributed by atoms with Crippen LogP contribution < -0.4 is 0 Å². The van der Waals surface area contributed by atoms with E-state index in [4.69, 9.17) is 16.1 Å². The van der Waals surface area contributed by atoms with Gasteiger partial charge in [0.25, 0.3) is 0 Å². The second-order valence-corrected chi connectivity index (χ2v) is 3.75. The van der Waals surface area contributed by atoms with Gasteiger partial charge >= 0.3 is 0 Å². The third-order valence-electron chi connectivity index (χ3n) is 2.12. The van der Waals surface area contributed by atoms with Crippen molar-refractivity contribution in [1.82, 2.24) is 10.1 Å². The molecule has 0 bridgehead atoms. The predicted molar refractivity (Wildman–Crippen MR) is 59.1 cm³/mol. The summed E-state index contributed by atoms with van der Waals surface area (Å²) in [6.07, 6.45) is 1.48. The first-order valence-electron chi connectivity index (χ1n) is 4.92. The summed E-state index contributed by atoms with van der Waals surface area (Å²) in [4.78, 5) is 14.3. The van der Waals surface area contributed by atoms with Gasteiger partial charge in [-0.15, -0.1) is 0 Å². The first-order valence-corrected chi connectivity index (χ1v) is 5.30. The topological polar surface area (TPSA) is 56.0 Å². The van der Waals surface area contributed by atoms with Crippen molar-refractivity contribution >= 4 is 17.9 Å². The molecule has 0 aliphatic carbocycles. The minimum atomic E-state index is -0.427. The van der Waals surface area contributed by atoms with Crippen LogP contribution in [0.5, 0.6) is 0 Å². The average molecular weight is 255 g/mol. The first kappa shape index (κ1) is 11.7. The lowest BCUT2D eigenvalue weighted by molar-refractivity contribution is -0.107. The van der Waals surface area contributed by atoms with Crippen LogP contribution in [0.2, 0.25) is 5.02 Å². The summed E-state index contributed by atoms with van der Waals surface area (Å²) in [5, 5.41) is 3.94. The van der Waals surface area contributed by atoms with Crippen LogP contribution in [-0.4, -0.2) is 16.4 Å². The number of aromatic nitrogens is 2. The van der Waals surface area contributed by atoms with E-state index in [-0.39, 0.29) is 10.8 Å². The highest BCUT2D eigenvalue weighted by atomic mass is 35.5. The Morgan fingerprint density at radius 3 is 3.00 bits per heavy atom. The van der Waals surface area contributed by atoms with Crippen LogP contribution in [0, 0.1) is 5.82 Å². The van der Waals surface area contributed by atoms with Crippen molar-refractivity contribution in [2.24, 2.45) is 0 Å². The molecule has 1 aromatic heterocycles. The van der Waals surface area contributed by atoms with Gasteiger partial charge in [0.1, 0.15) is 12.1 Å². The van der Waals surface area contributed by atoms with E-state index >= 15 is 0 Å². The molecule has 0 radical (unpaired) electrons. The molecule has 2 rings (SSSR count). The number of nitrogens with zero attached hydrogens (tertiary/aromatic N) is 2. The van der Waals surface area contributed by atoms with Gasteiger partial charge in [0.2, 0.25) is 11.7 Å². The molecule has 0 atom stereocenters. The molecule has 6 heteroatoms. The largest absolute Gasteiger partial charge is 0.339 e. The number of aldehydes is 1. The number of hydrogen-bond acceptors (Lipinski definition) is 4. The molecule has 0 saturated carbocycles. The van der Waals surface area contributed by atoms with E-state index < -0.39 is 5.82 Å². The molecule has 0 aliphatic rings. The molecule has 0 spiro atoms. The maximum atomic E-state index is 12.8. The van der Waals surface area contributed by atoms with Crippen molar-refractivity contribution in [2.45, 2.75) is 12.8 Å². The lowest BCUT2D eigenvalue weighted by Gasteiger charge is -1.97. The van der Waals surface area contributed by atoms with Gasteiger partial charge in [-0.1, -0.05) is 16.8 Å². The van der Waals surface area contributed by atoms with Crippen molar-refractivity contribution < 1.29 is 13.7 Å². The van der Waals surface area contributed by atoms with E-state index in [1.165, 1.54) is 18.2 Å². The van der Waals surface area contributed by atoms with Gasteiger partial charge in [0, 0.05) is 18.4 Å². The molecule has 2 aromatic rings. The van der Waals surface area contributed by atoms with Crippen LogP contribution >= 0.6 is 11.6 Å². The molecule has 0 amide bonds. The highest BCUT2D eigenvalue weighted by Crippen LogP contribution is 2.26. The molecular formula is C11H8ClFN2O2. The second-order valence-electron chi connectivity index (χ2n) is 3.34. The Bertz CT molecular complexity index is 542. The van der Waals surface area contributed by atoms with Crippen LogP contribution in [0.25, 0.3) is 11.4 Å². The SMILES string of the molecule is O=CCCc1nc(-c2ccc(F)cc2Cl)no1. The zero-order valence-electron chi connectivity index (χ0n) is 8.69. The summed E-state index contributed by atoms with van der Waals surface area (Å²) in [5.74, 6) is 0.215. The van der Waals surface area contributed by atoms with E-state index in [1.807, 2.05) is 0 Å². The normalized spacial score (nSPS) is 10.5. The molecule has 17 heavy (non-hydrogen) atoms. The van der Waals surface area contributed by atoms with E-state index in [2.05, 4.69) is 10.1 Å². The Morgan fingerprint density at radius 1 is 1.47 bits per heavy atom. The van der Waals surface area contributed by atoms with Crippen LogP contribution in [-0.2, 0) is 11.2 Å². The Balaban J connectivity index is 2.27. The van der Waals surface area contributed by atoms with E-state index in [0.717, 1.165) is 6.29 Å². The zero-order chi connectivity index (χ0) is 12.3. The minimum Gasteiger partial charge on any atom is -0.339 e. The van der Waals surface area contributed by atoms with Gasteiger partial charge in [0.15, 0.2) is 0 Å². The average Bonchev–Trinajstić information content (AvgIpc) is 2.75. The van der Waals surface area contributed by atoms with E-state index in [0.29, 0.717) is 24.3 Å². The highest BCUT2D eigenvalue weighted by molar-refractivity contribution is 6.33. The Hall–Kier alpha value is -1.75. The molecule has 4 nitrogen and oxygen atoms in total. The molecule has 0 saturated heterocycles. The second kappa shape index (κ2) is 5.05. The maximum absolute atomic E-state index is 12.8. The van der Waals surface area contributed by atoms with Gasteiger partial charge in [-0.3, -0.25) is 0 Å². The zero-order valence-corrected chi connectivity index (χ0v) is 9.45. The third kappa shape index (κ3) is 2.68. The molecule has 1 heterocycles. The van der Waals surface area contributed by atoms with Crippen molar-refractivity contribution in [3.8, 4) is 11.4 Å². The van der Waals surface area contributed by atoms with Crippen molar-refractivity contribution in [2.75, 3.05) is 0 Å². The summed E-state index contributed by atoms with van der Waals surface area (Å²) < 4.78 is 17.8. The van der Waals surface area contributed by atoms with Crippen LogP contribution in [0.4, 0.5) is 4.39 Å². The molecule has 1 aromatic carbocycles. The van der Waals surface area contributed by atoms with Crippen LogP contribution in [0.15, 0.2) is 22.7 Å². The van der Waals surface area contributed by atoms with Crippen molar-refractivity contribution in [1.29, 1.82) is 0 Å². The summed E-state index contributed by atoms with van der Waals surface area (Å²) in [6, 6.07) is 3.92. The van der Waals surface area contributed by atoms with E-state index in [9.17, 15) is 9.18 Å². The molecule has 0 fully saturated rings. The third-order valence-corrected chi connectivity index (χ3v) is 2.43. The van der Waals surface area contributed by atoms with Crippen LogP contribution in [0.1, 0.15) is 12.3 Å². The van der Waals surface area contributed by atoms with Gasteiger partial charge in [-0.2, -0.15) is 4.98 Å².